The Bertz CT molecular complexity index is 433. The molecule has 18 heavy (non-hydrogen) atoms. The Labute approximate surface area is 125 Å². The van der Waals surface area contributed by atoms with Crippen molar-refractivity contribution in [2.75, 3.05) is 6.61 Å². The highest BCUT2D eigenvalue weighted by molar-refractivity contribution is 14.1. The first-order valence-electron chi connectivity index (χ1n) is 6.32. The Hall–Kier alpha value is -0.140. The molecule has 1 N–H and O–H groups in total. The quantitative estimate of drug-likeness (QED) is 0.645. The summed E-state index contributed by atoms with van der Waals surface area (Å²) in [5.74, 6) is -0.158. The van der Waals surface area contributed by atoms with Gasteiger partial charge < -0.3 is 4.74 Å². The zero-order chi connectivity index (χ0) is 13.1. The van der Waals surface area contributed by atoms with Crippen molar-refractivity contribution in [1.29, 1.82) is 0 Å². The molecule has 0 saturated carbocycles. The molecule has 2 unspecified atom stereocenters. The third kappa shape index (κ3) is 3.24. The summed E-state index contributed by atoms with van der Waals surface area (Å²) >= 11 is 4.24. The topological polar surface area (TPSA) is 38.3 Å². The lowest BCUT2D eigenvalue weighted by molar-refractivity contribution is -0.145. The minimum absolute atomic E-state index is 0.158. The summed E-state index contributed by atoms with van der Waals surface area (Å²) < 4.78 is 6.37. The van der Waals surface area contributed by atoms with Gasteiger partial charge in [-0.05, 0) is 67.3 Å². The SMILES string of the molecule is CCOC(=O)C(C)NC1CCCc2sc(I)cc21. The molecule has 1 heterocycles. The van der Waals surface area contributed by atoms with Crippen LogP contribution in [0.15, 0.2) is 6.07 Å². The van der Waals surface area contributed by atoms with Crippen LogP contribution in [0.1, 0.15) is 43.2 Å². The van der Waals surface area contributed by atoms with Crippen LogP contribution in [0.5, 0.6) is 0 Å². The molecular formula is C13H18INO2S. The number of carbonyl (C=O) groups excluding carboxylic acids is 1. The van der Waals surface area contributed by atoms with E-state index in [9.17, 15) is 4.79 Å². The molecule has 0 aliphatic heterocycles. The molecule has 3 nitrogen and oxygen atoms in total. The van der Waals surface area contributed by atoms with E-state index < -0.39 is 0 Å². The molecule has 0 bridgehead atoms. The second kappa shape index (κ2) is 6.34. The number of esters is 1. The van der Waals surface area contributed by atoms with Crippen LogP contribution in [0.2, 0.25) is 0 Å². The average molecular weight is 379 g/mol. The maximum Gasteiger partial charge on any atom is 0.322 e. The van der Waals surface area contributed by atoms with E-state index in [4.69, 9.17) is 4.74 Å². The fraction of sp³-hybridized carbons (Fsp3) is 0.615. The Kier molecular flexibility index (Phi) is 5.03. The third-order valence-corrected chi connectivity index (χ3v) is 5.15. The molecule has 0 radical (unpaired) electrons. The number of hydrogen-bond donors (Lipinski definition) is 1. The van der Waals surface area contributed by atoms with Crippen molar-refractivity contribution >= 4 is 39.9 Å². The third-order valence-electron chi connectivity index (χ3n) is 3.18. The number of fused-ring (bicyclic) bond motifs is 1. The maximum absolute atomic E-state index is 11.7. The summed E-state index contributed by atoms with van der Waals surface area (Å²) in [5, 5.41) is 3.40. The number of thiophene rings is 1. The van der Waals surface area contributed by atoms with Crippen LogP contribution in [-0.4, -0.2) is 18.6 Å². The standard InChI is InChI=1S/C13H18INO2S/c1-3-17-13(16)8(2)15-10-5-4-6-11-9(10)7-12(14)18-11/h7-8,10,15H,3-6H2,1-2H3. The molecule has 1 aromatic heterocycles. The largest absolute Gasteiger partial charge is 0.465 e. The number of rotatable bonds is 4. The zero-order valence-electron chi connectivity index (χ0n) is 10.7. The number of halogens is 1. The number of hydrogen-bond acceptors (Lipinski definition) is 4. The minimum Gasteiger partial charge on any atom is -0.465 e. The summed E-state index contributed by atoms with van der Waals surface area (Å²) in [5.41, 5.74) is 1.38. The first-order valence-corrected chi connectivity index (χ1v) is 8.22. The van der Waals surface area contributed by atoms with Gasteiger partial charge in [-0.2, -0.15) is 0 Å². The van der Waals surface area contributed by atoms with Gasteiger partial charge >= 0.3 is 5.97 Å². The molecule has 0 spiro atoms. The summed E-state index contributed by atoms with van der Waals surface area (Å²) in [7, 11) is 0. The molecule has 0 aromatic carbocycles. The Morgan fingerprint density at radius 1 is 1.72 bits per heavy atom. The summed E-state index contributed by atoms with van der Waals surface area (Å²) in [6.07, 6.45) is 3.47. The van der Waals surface area contributed by atoms with Gasteiger partial charge in [0.15, 0.2) is 0 Å². The van der Waals surface area contributed by atoms with E-state index in [1.165, 1.54) is 26.2 Å². The Morgan fingerprint density at radius 2 is 2.50 bits per heavy atom. The van der Waals surface area contributed by atoms with Crippen LogP contribution in [0, 0.1) is 2.88 Å². The number of carbonyl (C=O) groups is 1. The van der Waals surface area contributed by atoms with Crippen LogP contribution in [-0.2, 0) is 16.0 Å². The molecule has 100 valence electrons. The monoisotopic (exact) mass is 379 g/mol. The van der Waals surface area contributed by atoms with Crippen molar-refractivity contribution in [3.05, 3.63) is 19.4 Å². The van der Waals surface area contributed by atoms with Gasteiger partial charge in [-0.25, -0.2) is 0 Å². The normalized spacial score (nSPS) is 20.3. The smallest absolute Gasteiger partial charge is 0.322 e. The van der Waals surface area contributed by atoms with Gasteiger partial charge in [0.2, 0.25) is 0 Å². The van der Waals surface area contributed by atoms with Crippen molar-refractivity contribution in [2.45, 2.75) is 45.2 Å². The fourth-order valence-corrected chi connectivity index (χ4v) is 4.45. The number of ether oxygens (including phenoxy) is 1. The Morgan fingerprint density at radius 3 is 3.22 bits per heavy atom. The van der Waals surface area contributed by atoms with E-state index in [1.807, 2.05) is 25.2 Å². The molecule has 0 fully saturated rings. The van der Waals surface area contributed by atoms with Gasteiger partial charge in [0.25, 0.3) is 0 Å². The minimum atomic E-state index is -0.238. The van der Waals surface area contributed by atoms with Crippen molar-refractivity contribution in [2.24, 2.45) is 0 Å². The highest BCUT2D eigenvalue weighted by Crippen LogP contribution is 2.36. The van der Waals surface area contributed by atoms with Gasteiger partial charge in [-0.15, -0.1) is 11.3 Å². The van der Waals surface area contributed by atoms with E-state index in [-0.39, 0.29) is 12.0 Å². The van der Waals surface area contributed by atoms with Crippen LogP contribution in [0.4, 0.5) is 0 Å². The van der Waals surface area contributed by atoms with Gasteiger partial charge in [-0.3, -0.25) is 10.1 Å². The molecule has 2 rings (SSSR count). The summed E-state index contributed by atoms with van der Waals surface area (Å²) in [6.45, 7) is 4.16. The van der Waals surface area contributed by atoms with Crippen LogP contribution in [0.25, 0.3) is 0 Å². The zero-order valence-corrected chi connectivity index (χ0v) is 13.6. The van der Waals surface area contributed by atoms with Gasteiger partial charge in [0.1, 0.15) is 6.04 Å². The van der Waals surface area contributed by atoms with Crippen LogP contribution < -0.4 is 5.32 Å². The lowest BCUT2D eigenvalue weighted by Gasteiger charge is -2.26. The second-order valence-electron chi connectivity index (χ2n) is 4.51. The molecule has 0 saturated heterocycles. The lowest BCUT2D eigenvalue weighted by atomic mass is 9.93. The van der Waals surface area contributed by atoms with Crippen molar-refractivity contribution < 1.29 is 9.53 Å². The summed E-state index contributed by atoms with van der Waals surface area (Å²) in [4.78, 5) is 13.1. The highest BCUT2D eigenvalue weighted by Gasteiger charge is 2.26. The molecule has 2 atom stereocenters. The fourth-order valence-electron chi connectivity index (χ4n) is 2.33. The molecule has 1 aliphatic rings. The van der Waals surface area contributed by atoms with E-state index in [0.29, 0.717) is 12.6 Å². The first kappa shape index (κ1) is 14.3. The van der Waals surface area contributed by atoms with E-state index in [1.54, 1.807) is 0 Å². The maximum atomic E-state index is 11.7. The molecule has 1 aliphatic carbocycles. The van der Waals surface area contributed by atoms with E-state index in [2.05, 4.69) is 34.0 Å². The van der Waals surface area contributed by atoms with E-state index >= 15 is 0 Å². The predicted molar refractivity (Wildman–Crippen MR) is 81.9 cm³/mol. The van der Waals surface area contributed by atoms with Gasteiger partial charge in [-0.1, -0.05) is 0 Å². The van der Waals surface area contributed by atoms with Gasteiger partial charge in [0.05, 0.1) is 9.49 Å². The molecule has 5 heteroatoms. The highest BCUT2D eigenvalue weighted by atomic mass is 127. The molecule has 0 amide bonds. The molecule has 1 aromatic rings. The first-order chi connectivity index (χ1) is 8.61. The number of nitrogens with one attached hydrogen (secondary N) is 1. The Balaban J connectivity index is 2.04. The van der Waals surface area contributed by atoms with Crippen molar-refractivity contribution in [1.82, 2.24) is 5.32 Å². The lowest BCUT2D eigenvalue weighted by Crippen LogP contribution is -2.38. The van der Waals surface area contributed by atoms with Crippen molar-refractivity contribution in [3.63, 3.8) is 0 Å². The van der Waals surface area contributed by atoms with Crippen molar-refractivity contribution in [3.8, 4) is 0 Å². The average Bonchev–Trinajstić information content (AvgIpc) is 2.71. The van der Waals surface area contributed by atoms with E-state index in [0.717, 1.165) is 6.42 Å². The molecular weight excluding hydrogens is 361 g/mol. The number of aryl methyl sites for hydroxylation is 1. The summed E-state index contributed by atoms with van der Waals surface area (Å²) in [6, 6.07) is 2.31. The second-order valence-corrected chi connectivity index (χ2v) is 7.55. The predicted octanol–water partition coefficient (Wildman–Crippen LogP) is 3.27. The van der Waals surface area contributed by atoms with Crippen LogP contribution in [0.3, 0.4) is 0 Å². The van der Waals surface area contributed by atoms with Gasteiger partial charge in [0, 0.05) is 10.9 Å². The van der Waals surface area contributed by atoms with Crippen LogP contribution >= 0.6 is 33.9 Å².